The summed E-state index contributed by atoms with van der Waals surface area (Å²) in [5.41, 5.74) is 1.06. The van der Waals surface area contributed by atoms with Crippen LogP contribution in [-0.4, -0.2) is 20.6 Å². The van der Waals surface area contributed by atoms with E-state index in [0.717, 1.165) is 6.42 Å². The van der Waals surface area contributed by atoms with E-state index < -0.39 is 5.97 Å². The third-order valence-electron chi connectivity index (χ3n) is 4.75. The molecule has 21 heavy (non-hydrogen) atoms. The fraction of sp³-hybridized carbons (Fsp3) is 0.500. The van der Waals surface area contributed by atoms with Crippen molar-refractivity contribution in [1.29, 1.82) is 0 Å². The maximum Gasteiger partial charge on any atom is 0.337 e. The van der Waals surface area contributed by atoms with Crippen molar-refractivity contribution in [1.82, 2.24) is 9.55 Å². The lowest BCUT2D eigenvalue weighted by molar-refractivity contribution is 0.0699. The average molecular weight is 288 g/mol. The van der Waals surface area contributed by atoms with Crippen LogP contribution in [0.25, 0.3) is 11.0 Å². The van der Waals surface area contributed by atoms with Crippen LogP contribution in [0.2, 0.25) is 0 Å². The van der Waals surface area contributed by atoms with Gasteiger partial charge in [-0.3, -0.25) is 4.57 Å². The van der Waals surface area contributed by atoms with Gasteiger partial charge in [-0.2, -0.15) is 0 Å². The number of nitrogens with one attached hydrogen (secondary N) is 1. The molecule has 1 fully saturated rings. The number of aromatic amines is 1. The van der Waals surface area contributed by atoms with Crippen LogP contribution in [0, 0.1) is 11.8 Å². The van der Waals surface area contributed by atoms with Crippen LogP contribution in [0.1, 0.15) is 43.0 Å². The molecule has 1 aliphatic carbocycles. The minimum atomic E-state index is -1.01. The number of aromatic carboxylic acids is 1. The molecule has 5 heteroatoms. The number of imidazole rings is 1. The van der Waals surface area contributed by atoms with E-state index in [9.17, 15) is 14.7 Å². The number of carbonyl (C=O) groups is 1. The normalized spacial score (nSPS) is 22.5. The molecule has 1 heterocycles. The Labute approximate surface area is 122 Å². The van der Waals surface area contributed by atoms with Gasteiger partial charge in [0.1, 0.15) is 0 Å². The van der Waals surface area contributed by atoms with Gasteiger partial charge in [-0.15, -0.1) is 0 Å². The van der Waals surface area contributed by atoms with E-state index in [1.165, 1.54) is 25.3 Å². The lowest BCUT2D eigenvalue weighted by atomic mass is 9.80. The van der Waals surface area contributed by atoms with E-state index in [0.29, 0.717) is 29.4 Å². The van der Waals surface area contributed by atoms with Crippen LogP contribution in [0.15, 0.2) is 23.0 Å². The Morgan fingerprint density at radius 1 is 1.38 bits per heavy atom. The maximum atomic E-state index is 12.2. The monoisotopic (exact) mass is 288 g/mol. The minimum Gasteiger partial charge on any atom is -0.478 e. The predicted molar refractivity (Wildman–Crippen MR) is 80.6 cm³/mol. The van der Waals surface area contributed by atoms with Gasteiger partial charge < -0.3 is 10.1 Å². The van der Waals surface area contributed by atoms with Crippen LogP contribution in [0.3, 0.4) is 0 Å². The summed E-state index contributed by atoms with van der Waals surface area (Å²) in [5, 5.41) is 9.22. The zero-order valence-corrected chi connectivity index (χ0v) is 12.1. The first-order valence-corrected chi connectivity index (χ1v) is 7.52. The SMILES string of the molecule is CC1CCCCC1Cn1c(=O)[nH]c2c(C(=O)O)cccc21. The van der Waals surface area contributed by atoms with Crippen LogP contribution in [0.5, 0.6) is 0 Å². The molecule has 5 nitrogen and oxygen atoms in total. The quantitative estimate of drug-likeness (QED) is 0.912. The lowest BCUT2D eigenvalue weighted by Gasteiger charge is -2.28. The number of benzene rings is 1. The molecule has 1 aliphatic rings. The Morgan fingerprint density at radius 2 is 2.14 bits per heavy atom. The molecule has 1 aromatic carbocycles. The molecule has 2 unspecified atom stereocenters. The van der Waals surface area contributed by atoms with Gasteiger partial charge in [0.2, 0.25) is 0 Å². The van der Waals surface area contributed by atoms with Crippen molar-refractivity contribution in [2.24, 2.45) is 11.8 Å². The van der Waals surface area contributed by atoms with Gasteiger partial charge in [0.05, 0.1) is 16.6 Å². The molecule has 1 saturated carbocycles. The molecule has 2 N–H and O–H groups in total. The molecule has 112 valence electrons. The first-order chi connectivity index (χ1) is 10.1. The van der Waals surface area contributed by atoms with Crippen molar-refractivity contribution in [2.75, 3.05) is 0 Å². The smallest absolute Gasteiger partial charge is 0.337 e. The van der Waals surface area contributed by atoms with Crippen molar-refractivity contribution in [3.8, 4) is 0 Å². The molecule has 0 aliphatic heterocycles. The van der Waals surface area contributed by atoms with Gasteiger partial charge in [0.25, 0.3) is 0 Å². The number of H-pyrrole nitrogens is 1. The van der Waals surface area contributed by atoms with E-state index in [4.69, 9.17) is 0 Å². The Morgan fingerprint density at radius 3 is 2.86 bits per heavy atom. The summed E-state index contributed by atoms with van der Waals surface area (Å²) in [6.07, 6.45) is 4.83. The molecule has 0 radical (unpaired) electrons. The first-order valence-electron chi connectivity index (χ1n) is 7.52. The third kappa shape index (κ3) is 2.48. The summed E-state index contributed by atoms with van der Waals surface area (Å²) in [6.45, 7) is 2.91. The van der Waals surface area contributed by atoms with Gasteiger partial charge >= 0.3 is 11.7 Å². The number of carboxylic acids is 1. The molecular weight excluding hydrogens is 268 g/mol. The number of para-hydroxylation sites is 1. The second-order valence-corrected chi connectivity index (χ2v) is 6.07. The first kappa shape index (κ1) is 13.9. The molecule has 0 amide bonds. The van der Waals surface area contributed by atoms with Crippen molar-refractivity contribution < 1.29 is 9.90 Å². The van der Waals surface area contributed by atoms with Gasteiger partial charge in [-0.25, -0.2) is 9.59 Å². The van der Waals surface area contributed by atoms with Crippen LogP contribution in [-0.2, 0) is 6.54 Å². The van der Waals surface area contributed by atoms with Crippen molar-refractivity contribution in [3.63, 3.8) is 0 Å². The van der Waals surface area contributed by atoms with Crippen LogP contribution < -0.4 is 5.69 Å². The van der Waals surface area contributed by atoms with Gasteiger partial charge in [0, 0.05) is 6.54 Å². The molecule has 0 spiro atoms. The van der Waals surface area contributed by atoms with Crippen LogP contribution >= 0.6 is 0 Å². The lowest BCUT2D eigenvalue weighted by Crippen LogP contribution is -2.27. The third-order valence-corrected chi connectivity index (χ3v) is 4.75. The molecule has 2 aromatic rings. The Hall–Kier alpha value is -2.04. The molecule has 0 saturated heterocycles. The highest BCUT2D eigenvalue weighted by Gasteiger charge is 2.23. The minimum absolute atomic E-state index is 0.153. The average Bonchev–Trinajstić information content (AvgIpc) is 2.77. The molecule has 2 atom stereocenters. The summed E-state index contributed by atoms with van der Waals surface area (Å²) in [4.78, 5) is 26.2. The molecule has 0 bridgehead atoms. The second kappa shape index (κ2) is 5.39. The van der Waals surface area contributed by atoms with Gasteiger partial charge in [0.15, 0.2) is 0 Å². The van der Waals surface area contributed by atoms with Crippen molar-refractivity contribution in [2.45, 2.75) is 39.2 Å². The Bertz CT molecular complexity index is 729. The fourth-order valence-corrected chi connectivity index (χ4v) is 3.44. The Balaban J connectivity index is 2.03. The number of carboxylic acid groups (broad SMARTS) is 1. The number of rotatable bonds is 3. The van der Waals surface area contributed by atoms with E-state index in [-0.39, 0.29) is 11.3 Å². The van der Waals surface area contributed by atoms with E-state index in [2.05, 4.69) is 11.9 Å². The fourth-order valence-electron chi connectivity index (χ4n) is 3.44. The zero-order chi connectivity index (χ0) is 15.0. The van der Waals surface area contributed by atoms with Crippen LogP contribution in [0.4, 0.5) is 0 Å². The zero-order valence-electron chi connectivity index (χ0n) is 12.1. The van der Waals surface area contributed by atoms with Gasteiger partial charge in [-0.05, 0) is 30.4 Å². The number of hydrogen-bond acceptors (Lipinski definition) is 2. The highest BCUT2D eigenvalue weighted by atomic mass is 16.4. The van der Waals surface area contributed by atoms with Crippen molar-refractivity contribution >= 4 is 17.0 Å². The van der Waals surface area contributed by atoms with Crippen molar-refractivity contribution in [3.05, 3.63) is 34.2 Å². The number of hydrogen-bond donors (Lipinski definition) is 2. The molecular formula is C16H20N2O3. The summed E-state index contributed by atoms with van der Waals surface area (Å²) in [5.74, 6) is 0.0854. The summed E-state index contributed by atoms with van der Waals surface area (Å²) < 4.78 is 1.70. The summed E-state index contributed by atoms with van der Waals surface area (Å²) in [6, 6.07) is 5.03. The standard InChI is InChI=1S/C16H20N2O3/c1-10-5-2-3-6-11(10)9-18-13-8-4-7-12(15(19)20)14(13)17-16(18)21/h4,7-8,10-11H,2-3,5-6,9H2,1H3,(H,17,21)(H,19,20). The Kier molecular flexibility index (Phi) is 3.57. The van der Waals surface area contributed by atoms with E-state index in [1.54, 1.807) is 10.6 Å². The highest BCUT2D eigenvalue weighted by molar-refractivity contribution is 6.00. The summed E-state index contributed by atoms with van der Waals surface area (Å²) in [7, 11) is 0. The molecule has 1 aromatic heterocycles. The number of fused-ring (bicyclic) bond motifs is 1. The van der Waals surface area contributed by atoms with Gasteiger partial charge in [-0.1, -0.05) is 32.3 Å². The van der Waals surface area contributed by atoms with E-state index >= 15 is 0 Å². The maximum absolute atomic E-state index is 12.2. The topological polar surface area (TPSA) is 75.1 Å². The summed E-state index contributed by atoms with van der Waals surface area (Å²) >= 11 is 0. The number of nitrogens with zero attached hydrogens (tertiary/aromatic N) is 1. The highest BCUT2D eigenvalue weighted by Crippen LogP contribution is 2.31. The number of aromatic nitrogens is 2. The predicted octanol–water partition coefficient (Wildman–Crippen LogP) is 2.85. The second-order valence-electron chi connectivity index (χ2n) is 6.07. The molecule has 3 rings (SSSR count). The van der Waals surface area contributed by atoms with E-state index in [1.807, 2.05) is 6.07 Å². The largest absolute Gasteiger partial charge is 0.478 e.